The van der Waals surface area contributed by atoms with Crippen molar-refractivity contribution in [3.05, 3.63) is 34.6 Å². The minimum atomic E-state index is -0.401. The molecule has 1 atom stereocenters. The van der Waals surface area contributed by atoms with E-state index in [1.54, 1.807) is 12.1 Å². The number of benzene rings is 1. The molecule has 0 unspecified atom stereocenters. The first-order valence-electron chi connectivity index (χ1n) is 5.20. The molecule has 0 aromatic heterocycles. The van der Waals surface area contributed by atoms with E-state index < -0.39 is 5.82 Å². The van der Waals surface area contributed by atoms with Crippen molar-refractivity contribution in [1.82, 2.24) is 5.32 Å². The van der Waals surface area contributed by atoms with E-state index in [0.717, 1.165) is 18.5 Å². The van der Waals surface area contributed by atoms with E-state index in [9.17, 15) is 4.39 Å². The van der Waals surface area contributed by atoms with Gasteiger partial charge in [-0.25, -0.2) is 4.39 Å². The summed E-state index contributed by atoms with van der Waals surface area (Å²) in [5.41, 5.74) is 0.948. The summed E-state index contributed by atoms with van der Waals surface area (Å²) in [4.78, 5) is 0. The van der Waals surface area contributed by atoms with Gasteiger partial charge in [-0.05, 0) is 37.6 Å². The highest BCUT2D eigenvalue weighted by atomic mass is 35.5. The van der Waals surface area contributed by atoms with E-state index in [0.29, 0.717) is 6.42 Å². The van der Waals surface area contributed by atoms with Crippen LogP contribution in [-0.2, 0) is 0 Å². The van der Waals surface area contributed by atoms with Crippen LogP contribution < -0.4 is 5.32 Å². The van der Waals surface area contributed by atoms with E-state index >= 15 is 0 Å². The van der Waals surface area contributed by atoms with Crippen molar-refractivity contribution in [3.63, 3.8) is 0 Å². The van der Waals surface area contributed by atoms with E-state index in [4.69, 9.17) is 16.9 Å². The number of halogens is 2. The van der Waals surface area contributed by atoms with E-state index in [1.165, 1.54) is 6.07 Å². The van der Waals surface area contributed by atoms with Gasteiger partial charge >= 0.3 is 0 Å². The first kappa shape index (κ1) is 13.0. The van der Waals surface area contributed by atoms with Crippen molar-refractivity contribution in [3.8, 4) is 6.07 Å². The van der Waals surface area contributed by atoms with Gasteiger partial charge in [0.15, 0.2) is 0 Å². The second-order valence-corrected chi connectivity index (χ2v) is 4.02. The third-order valence-corrected chi connectivity index (χ3v) is 2.65. The van der Waals surface area contributed by atoms with Crippen molar-refractivity contribution < 1.29 is 4.39 Å². The molecule has 1 aromatic carbocycles. The molecule has 0 aliphatic rings. The van der Waals surface area contributed by atoms with Gasteiger partial charge in [-0.1, -0.05) is 17.7 Å². The molecule has 0 amide bonds. The summed E-state index contributed by atoms with van der Waals surface area (Å²) in [6.45, 7) is 2.75. The molecule has 16 heavy (non-hydrogen) atoms. The Hall–Kier alpha value is -1.11. The summed E-state index contributed by atoms with van der Waals surface area (Å²) in [6.07, 6.45) is 1.36. The molecule has 1 aromatic rings. The van der Waals surface area contributed by atoms with Gasteiger partial charge in [0.05, 0.1) is 11.1 Å². The summed E-state index contributed by atoms with van der Waals surface area (Å²) in [7, 11) is 0. The van der Waals surface area contributed by atoms with Crippen LogP contribution >= 0.6 is 11.6 Å². The predicted molar refractivity (Wildman–Crippen MR) is 62.7 cm³/mol. The summed E-state index contributed by atoms with van der Waals surface area (Å²) in [6, 6.07) is 6.90. The SMILES string of the molecule is C[C@@H](NCCCC#N)c1ccc(F)c(Cl)c1. The quantitative estimate of drug-likeness (QED) is 0.801. The third-order valence-electron chi connectivity index (χ3n) is 2.36. The monoisotopic (exact) mass is 240 g/mol. The van der Waals surface area contributed by atoms with Gasteiger partial charge in [0, 0.05) is 12.5 Å². The maximum absolute atomic E-state index is 12.9. The first-order chi connectivity index (χ1) is 7.65. The van der Waals surface area contributed by atoms with Crippen LogP contribution in [0.15, 0.2) is 18.2 Å². The summed E-state index contributed by atoms with van der Waals surface area (Å²) < 4.78 is 12.9. The number of nitrogens with one attached hydrogen (secondary N) is 1. The minimum absolute atomic E-state index is 0.108. The van der Waals surface area contributed by atoms with Crippen molar-refractivity contribution in [1.29, 1.82) is 5.26 Å². The van der Waals surface area contributed by atoms with E-state index in [2.05, 4.69) is 11.4 Å². The van der Waals surface area contributed by atoms with Crippen molar-refractivity contribution in [2.45, 2.75) is 25.8 Å². The summed E-state index contributed by atoms with van der Waals surface area (Å²) in [5, 5.41) is 11.8. The molecule has 1 N–H and O–H groups in total. The molecule has 0 saturated heterocycles. The number of nitriles is 1. The molecular formula is C12H14ClFN2. The molecule has 4 heteroatoms. The second kappa shape index (κ2) is 6.47. The summed E-state index contributed by atoms with van der Waals surface area (Å²) >= 11 is 5.70. The largest absolute Gasteiger partial charge is 0.310 e. The molecule has 86 valence electrons. The van der Waals surface area contributed by atoms with Crippen LogP contribution in [-0.4, -0.2) is 6.54 Å². The molecule has 0 aliphatic heterocycles. The topological polar surface area (TPSA) is 35.8 Å². The van der Waals surface area contributed by atoms with Gasteiger partial charge in [-0.3, -0.25) is 0 Å². The molecule has 1 rings (SSSR count). The van der Waals surface area contributed by atoms with Gasteiger partial charge in [-0.2, -0.15) is 5.26 Å². The van der Waals surface area contributed by atoms with Crippen LogP contribution in [0.3, 0.4) is 0 Å². The zero-order chi connectivity index (χ0) is 12.0. The lowest BCUT2D eigenvalue weighted by Crippen LogP contribution is -2.19. The average Bonchev–Trinajstić information content (AvgIpc) is 2.28. The van der Waals surface area contributed by atoms with E-state index in [-0.39, 0.29) is 11.1 Å². The van der Waals surface area contributed by atoms with Gasteiger partial charge in [0.2, 0.25) is 0 Å². The zero-order valence-corrected chi connectivity index (χ0v) is 9.89. The predicted octanol–water partition coefficient (Wildman–Crippen LogP) is 3.43. The van der Waals surface area contributed by atoms with Crippen LogP contribution in [0.1, 0.15) is 31.4 Å². The molecule has 2 nitrogen and oxygen atoms in total. The van der Waals surface area contributed by atoms with Gasteiger partial charge < -0.3 is 5.32 Å². The second-order valence-electron chi connectivity index (χ2n) is 3.61. The number of hydrogen-bond donors (Lipinski definition) is 1. The molecule has 0 bridgehead atoms. The molecule has 0 spiro atoms. The number of rotatable bonds is 5. The Labute approximate surface area is 100 Å². The van der Waals surface area contributed by atoms with Gasteiger partial charge in [0.1, 0.15) is 5.82 Å². The Bertz CT molecular complexity index is 387. The fourth-order valence-electron chi connectivity index (χ4n) is 1.39. The van der Waals surface area contributed by atoms with Gasteiger partial charge in [-0.15, -0.1) is 0 Å². The van der Waals surface area contributed by atoms with Crippen molar-refractivity contribution in [2.75, 3.05) is 6.54 Å². The Morgan fingerprint density at radius 2 is 2.31 bits per heavy atom. The smallest absolute Gasteiger partial charge is 0.141 e. The van der Waals surface area contributed by atoms with Crippen LogP contribution in [0.25, 0.3) is 0 Å². The Balaban J connectivity index is 2.50. The van der Waals surface area contributed by atoms with E-state index in [1.807, 2.05) is 6.92 Å². The zero-order valence-electron chi connectivity index (χ0n) is 9.13. The number of nitrogens with zero attached hydrogens (tertiary/aromatic N) is 1. The lowest BCUT2D eigenvalue weighted by molar-refractivity contribution is 0.559. The lowest BCUT2D eigenvalue weighted by atomic mass is 10.1. The number of unbranched alkanes of at least 4 members (excludes halogenated alkanes) is 1. The van der Waals surface area contributed by atoms with Crippen LogP contribution in [0.4, 0.5) is 4.39 Å². The Kier molecular flexibility index (Phi) is 5.24. The molecular weight excluding hydrogens is 227 g/mol. The molecule has 0 radical (unpaired) electrons. The minimum Gasteiger partial charge on any atom is -0.310 e. The fraction of sp³-hybridized carbons (Fsp3) is 0.417. The third kappa shape index (κ3) is 3.80. The highest BCUT2D eigenvalue weighted by Crippen LogP contribution is 2.20. The Morgan fingerprint density at radius 1 is 1.56 bits per heavy atom. The van der Waals surface area contributed by atoms with Crippen molar-refractivity contribution >= 4 is 11.6 Å². The van der Waals surface area contributed by atoms with Crippen molar-refractivity contribution in [2.24, 2.45) is 0 Å². The van der Waals surface area contributed by atoms with Gasteiger partial charge in [0.25, 0.3) is 0 Å². The standard InChI is InChI=1S/C12H14ClFN2/c1-9(16-7-3-2-6-15)10-4-5-12(14)11(13)8-10/h4-5,8-9,16H,2-3,7H2,1H3/t9-/m1/s1. The molecule has 0 heterocycles. The first-order valence-corrected chi connectivity index (χ1v) is 5.58. The highest BCUT2D eigenvalue weighted by molar-refractivity contribution is 6.30. The normalized spacial score (nSPS) is 12.1. The maximum atomic E-state index is 12.9. The number of hydrogen-bond acceptors (Lipinski definition) is 2. The summed E-state index contributed by atoms with van der Waals surface area (Å²) in [5.74, 6) is -0.401. The Morgan fingerprint density at radius 3 is 2.94 bits per heavy atom. The highest BCUT2D eigenvalue weighted by Gasteiger charge is 2.07. The lowest BCUT2D eigenvalue weighted by Gasteiger charge is -2.14. The molecule has 0 fully saturated rings. The maximum Gasteiger partial charge on any atom is 0.141 e. The fourth-order valence-corrected chi connectivity index (χ4v) is 1.57. The average molecular weight is 241 g/mol. The van der Waals surface area contributed by atoms with Crippen LogP contribution in [0.5, 0.6) is 0 Å². The van der Waals surface area contributed by atoms with Crippen LogP contribution in [0, 0.1) is 17.1 Å². The molecule has 0 aliphatic carbocycles. The van der Waals surface area contributed by atoms with Crippen LogP contribution in [0.2, 0.25) is 5.02 Å². The molecule has 0 saturated carbocycles.